The van der Waals surface area contributed by atoms with Crippen molar-refractivity contribution in [1.29, 1.82) is 0 Å². The molecule has 0 radical (unpaired) electrons. The van der Waals surface area contributed by atoms with Crippen LogP contribution in [-0.4, -0.2) is 34.9 Å². The summed E-state index contributed by atoms with van der Waals surface area (Å²) >= 11 is 0. The first-order valence-electron chi connectivity index (χ1n) is 8.49. The highest BCUT2D eigenvalue weighted by atomic mass is 19.1. The predicted molar refractivity (Wildman–Crippen MR) is 86.9 cm³/mol. The third-order valence-corrected chi connectivity index (χ3v) is 5.15. The van der Waals surface area contributed by atoms with Crippen molar-refractivity contribution in [2.45, 2.75) is 39.2 Å². The molecule has 1 aromatic carbocycles. The SMILES string of the molecule is CC(=O)NCC1CCC(CN2Cc3ccc(O)c(F)c3C2=O)CC1. The Morgan fingerprint density at radius 2 is 1.96 bits per heavy atom. The summed E-state index contributed by atoms with van der Waals surface area (Å²) in [5.41, 5.74) is 0.670. The quantitative estimate of drug-likeness (QED) is 0.888. The molecular weight excluding hydrogens is 311 g/mol. The van der Waals surface area contributed by atoms with Gasteiger partial charge in [-0.2, -0.15) is 0 Å². The van der Waals surface area contributed by atoms with Crippen LogP contribution >= 0.6 is 0 Å². The predicted octanol–water partition coefficient (Wildman–Crippen LogP) is 2.43. The minimum absolute atomic E-state index is 0.00262. The number of rotatable bonds is 4. The van der Waals surface area contributed by atoms with Crippen molar-refractivity contribution in [3.05, 3.63) is 29.1 Å². The zero-order chi connectivity index (χ0) is 17.3. The third-order valence-electron chi connectivity index (χ3n) is 5.15. The Morgan fingerprint density at radius 3 is 2.62 bits per heavy atom. The van der Waals surface area contributed by atoms with Crippen LogP contribution in [0.25, 0.3) is 0 Å². The molecule has 0 saturated heterocycles. The molecule has 2 amide bonds. The Bertz CT molecular complexity index is 654. The molecule has 5 nitrogen and oxygen atoms in total. The molecule has 0 bridgehead atoms. The van der Waals surface area contributed by atoms with E-state index in [1.807, 2.05) is 0 Å². The van der Waals surface area contributed by atoms with Gasteiger partial charge in [-0.05, 0) is 49.1 Å². The lowest BCUT2D eigenvalue weighted by atomic mass is 9.81. The number of nitrogens with zero attached hydrogens (tertiary/aromatic N) is 1. The number of nitrogens with one attached hydrogen (secondary N) is 1. The summed E-state index contributed by atoms with van der Waals surface area (Å²) < 4.78 is 14.0. The summed E-state index contributed by atoms with van der Waals surface area (Å²) in [6.45, 7) is 3.29. The second kappa shape index (κ2) is 6.79. The number of aromatic hydroxyl groups is 1. The van der Waals surface area contributed by atoms with E-state index in [4.69, 9.17) is 0 Å². The number of hydrogen-bond acceptors (Lipinski definition) is 3. The van der Waals surface area contributed by atoms with Gasteiger partial charge in [-0.15, -0.1) is 0 Å². The van der Waals surface area contributed by atoms with Gasteiger partial charge < -0.3 is 15.3 Å². The summed E-state index contributed by atoms with van der Waals surface area (Å²) in [5, 5.41) is 12.3. The van der Waals surface area contributed by atoms with E-state index >= 15 is 0 Å². The molecule has 1 aliphatic carbocycles. The fourth-order valence-electron chi connectivity index (χ4n) is 3.77. The van der Waals surface area contributed by atoms with Crippen LogP contribution in [0.2, 0.25) is 0 Å². The molecule has 0 spiro atoms. The van der Waals surface area contributed by atoms with E-state index in [9.17, 15) is 19.1 Å². The summed E-state index contributed by atoms with van der Waals surface area (Å²) in [6, 6.07) is 2.92. The standard InChI is InChI=1S/C18H23FN2O3/c1-11(22)20-8-12-2-4-13(5-3-12)9-21-10-14-6-7-15(23)17(19)16(14)18(21)24/h6-7,12-13,23H,2-5,8-10H2,1H3,(H,20,22). The summed E-state index contributed by atoms with van der Waals surface area (Å²) in [6.07, 6.45) is 4.10. The average molecular weight is 334 g/mol. The molecule has 1 heterocycles. The Balaban J connectivity index is 1.55. The van der Waals surface area contributed by atoms with Crippen molar-refractivity contribution in [1.82, 2.24) is 10.2 Å². The normalized spacial score (nSPS) is 23.2. The van der Waals surface area contributed by atoms with Gasteiger partial charge in [0, 0.05) is 26.6 Å². The third kappa shape index (κ3) is 3.37. The van der Waals surface area contributed by atoms with Gasteiger partial charge in [-0.1, -0.05) is 6.07 Å². The first-order valence-corrected chi connectivity index (χ1v) is 8.49. The van der Waals surface area contributed by atoms with Gasteiger partial charge in [0.1, 0.15) is 0 Å². The Morgan fingerprint density at radius 1 is 1.29 bits per heavy atom. The van der Waals surface area contributed by atoms with Crippen molar-refractivity contribution in [2.24, 2.45) is 11.8 Å². The fraction of sp³-hybridized carbons (Fsp3) is 0.556. The Hall–Kier alpha value is -2.11. The zero-order valence-electron chi connectivity index (χ0n) is 13.8. The van der Waals surface area contributed by atoms with E-state index in [0.29, 0.717) is 30.5 Å². The maximum atomic E-state index is 14.0. The van der Waals surface area contributed by atoms with Crippen LogP contribution in [0.15, 0.2) is 12.1 Å². The van der Waals surface area contributed by atoms with Gasteiger partial charge in [0.05, 0.1) is 5.56 Å². The number of amides is 2. The first-order chi connectivity index (χ1) is 11.5. The van der Waals surface area contributed by atoms with E-state index < -0.39 is 11.6 Å². The van der Waals surface area contributed by atoms with Crippen molar-refractivity contribution in [2.75, 3.05) is 13.1 Å². The van der Waals surface area contributed by atoms with Gasteiger partial charge >= 0.3 is 0 Å². The van der Waals surface area contributed by atoms with Gasteiger partial charge in [-0.25, -0.2) is 4.39 Å². The second-order valence-electron chi connectivity index (χ2n) is 6.94. The number of phenols is 1. The number of halogens is 1. The van der Waals surface area contributed by atoms with E-state index in [-0.39, 0.29) is 17.4 Å². The van der Waals surface area contributed by atoms with Crippen molar-refractivity contribution >= 4 is 11.8 Å². The highest BCUT2D eigenvalue weighted by Gasteiger charge is 2.34. The molecule has 24 heavy (non-hydrogen) atoms. The van der Waals surface area contributed by atoms with Gasteiger partial charge in [-0.3, -0.25) is 9.59 Å². The topological polar surface area (TPSA) is 69.6 Å². The second-order valence-corrected chi connectivity index (χ2v) is 6.94. The Labute approximate surface area is 140 Å². The minimum Gasteiger partial charge on any atom is -0.505 e. The largest absolute Gasteiger partial charge is 0.505 e. The van der Waals surface area contributed by atoms with E-state index in [0.717, 1.165) is 32.2 Å². The van der Waals surface area contributed by atoms with Crippen LogP contribution in [0.1, 0.15) is 48.5 Å². The number of carbonyl (C=O) groups is 2. The Kier molecular flexibility index (Phi) is 4.73. The monoisotopic (exact) mass is 334 g/mol. The van der Waals surface area contributed by atoms with Gasteiger partial charge in [0.25, 0.3) is 5.91 Å². The maximum Gasteiger partial charge on any atom is 0.257 e. The summed E-state index contributed by atoms with van der Waals surface area (Å²) in [5.74, 6) is -0.678. The molecular formula is C18H23FN2O3. The lowest BCUT2D eigenvalue weighted by molar-refractivity contribution is -0.119. The molecule has 2 N–H and O–H groups in total. The van der Waals surface area contributed by atoms with Gasteiger partial charge in [0.2, 0.25) is 5.91 Å². The van der Waals surface area contributed by atoms with Gasteiger partial charge in [0.15, 0.2) is 11.6 Å². The number of carbonyl (C=O) groups excluding carboxylic acids is 2. The van der Waals surface area contributed by atoms with Crippen molar-refractivity contribution in [3.63, 3.8) is 0 Å². The zero-order valence-corrected chi connectivity index (χ0v) is 13.8. The lowest BCUT2D eigenvalue weighted by Crippen LogP contribution is -2.34. The van der Waals surface area contributed by atoms with Crippen molar-refractivity contribution < 1.29 is 19.1 Å². The number of phenolic OH excluding ortho intramolecular Hbond substituents is 1. The van der Waals surface area contributed by atoms with Crippen LogP contribution < -0.4 is 5.32 Å². The number of fused-ring (bicyclic) bond motifs is 1. The lowest BCUT2D eigenvalue weighted by Gasteiger charge is -2.31. The molecule has 1 saturated carbocycles. The molecule has 0 unspecified atom stereocenters. The van der Waals surface area contributed by atoms with Crippen LogP contribution in [0.4, 0.5) is 4.39 Å². The fourth-order valence-corrected chi connectivity index (χ4v) is 3.77. The van der Waals surface area contributed by atoms with E-state index in [1.165, 1.54) is 13.0 Å². The van der Waals surface area contributed by atoms with Crippen LogP contribution in [-0.2, 0) is 11.3 Å². The number of hydrogen-bond donors (Lipinski definition) is 2. The van der Waals surface area contributed by atoms with E-state index in [2.05, 4.69) is 5.32 Å². The highest BCUT2D eigenvalue weighted by molar-refractivity contribution is 5.99. The number of benzene rings is 1. The van der Waals surface area contributed by atoms with E-state index in [1.54, 1.807) is 11.0 Å². The molecule has 1 aromatic rings. The summed E-state index contributed by atoms with van der Waals surface area (Å²) in [4.78, 5) is 25.1. The van der Waals surface area contributed by atoms with Crippen LogP contribution in [0.3, 0.4) is 0 Å². The minimum atomic E-state index is -0.806. The molecule has 0 aromatic heterocycles. The smallest absolute Gasteiger partial charge is 0.257 e. The maximum absolute atomic E-state index is 14.0. The molecule has 130 valence electrons. The molecule has 1 aliphatic heterocycles. The average Bonchev–Trinajstić information content (AvgIpc) is 2.87. The highest BCUT2D eigenvalue weighted by Crippen LogP contribution is 2.34. The van der Waals surface area contributed by atoms with Crippen molar-refractivity contribution in [3.8, 4) is 5.75 Å². The molecule has 6 heteroatoms. The first kappa shape index (κ1) is 16.7. The van der Waals surface area contributed by atoms with Crippen LogP contribution in [0, 0.1) is 17.7 Å². The molecule has 3 rings (SSSR count). The molecule has 1 fully saturated rings. The molecule has 0 atom stereocenters. The van der Waals surface area contributed by atoms with Crippen LogP contribution in [0.5, 0.6) is 5.75 Å². The molecule has 2 aliphatic rings. The summed E-state index contributed by atoms with van der Waals surface area (Å²) in [7, 11) is 0.